The summed E-state index contributed by atoms with van der Waals surface area (Å²) in [6, 6.07) is 8.76. The molecule has 116 valence electrons. The minimum absolute atomic E-state index is 0.0996. The molecule has 0 radical (unpaired) electrons. The Morgan fingerprint density at radius 1 is 1.18 bits per heavy atom. The van der Waals surface area contributed by atoms with Gasteiger partial charge in [-0.3, -0.25) is 14.9 Å². The smallest absolute Gasteiger partial charge is 0.251 e. The lowest BCUT2D eigenvalue weighted by atomic mass is 10.2. The number of aromatic nitrogens is 2. The molecule has 22 heavy (non-hydrogen) atoms. The average molecular weight is 318 g/mol. The second kappa shape index (κ2) is 8.23. The average Bonchev–Trinajstić information content (AvgIpc) is 2.98. The topological polar surface area (TPSA) is 84.0 Å². The van der Waals surface area contributed by atoms with Crippen LogP contribution in [0, 0.1) is 0 Å². The van der Waals surface area contributed by atoms with Crippen LogP contribution in [0.2, 0.25) is 0 Å². The van der Waals surface area contributed by atoms with Crippen molar-refractivity contribution in [3.05, 3.63) is 40.9 Å². The van der Waals surface area contributed by atoms with Gasteiger partial charge in [0.05, 0.1) is 6.54 Å². The van der Waals surface area contributed by atoms with Crippen LogP contribution < -0.4 is 10.6 Å². The molecule has 0 aliphatic heterocycles. The van der Waals surface area contributed by atoms with E-state index in [1.54, 1.807) is 24.3 Å². The molecule has 0 saturated heterocycles. The van der Waals surface area contributed by atoms with Crippen molar-refractivity contribution in [1.82, 2.24) is 15.5 Å². The van der Waals surface area contributed by atoms with Crippen molar-refractivity contribution in [2.45, 2.75) is 26.2 Å². The van der Waals surface area contributed by atoms with Crippen LogP contribution in [0.3, 0.4) is 0 Å². The third-order valence-corrected chi connectivity index (χ3v) is 3.80. The molecule has 0 saturated carbocycles. The van der Waals surface area contributed by atoms with Gasteiger partial charge in [-0.2, -0.15) is 0 Å². The second-order valence-corrected chi connectivity index (χ2v) is 5.76. The number of carbonyl (C=O) groups excluding carboxylic acids is 2. The summed E-state index contributed by atoms with van der Waals surface area (Å²) in [5, 5.41) is 14.5. The van der Waals surface area contributed by atoms with Gasteiger partial charge in [-0.1, -0.05) is 42.9 Å². The maximum Gasteiger partial charge on any atom is 0.251 e. The largest absolute Gasteiger partial charge is 0.343 e. The zero-order chi connectivity index (χ0) is 15.8. The van der Waals surface area contributed by atoms with Gasteiger partial charge in [0, 0.05) is 12.0 Å². The Kier molecular flexibility index (Phi) is 6.02. The fourth-order valence-electron chi connectivity index (χ4n) is 1.75. The van der Waals surface area contributed by atoms with Crippen LogP contribution in [0.4, 0.5) is 5.13 Å². The summed E-state index contributed by atoms with van der Waals surface area (Å²) in [5.74, 6) is -0.598. The van der Waals surface area contributed by atoms with E-state index in [4.69, 9.17) is 0 Å². The van der Waals surface area contributed by atoms with Crippen LogP contribution in [-0.4, -0.2) is 28.6 Å². The first-order valence-electron chi connectivity index (χ1n) is 7.14. The number of amides is 2. The monoisotopic (exact) mass is 318 g/mol. The minimum atomic E-state index is -0.317. The predicted octanol–water partition coefficient (Wildman–Crippen LogP) is 2.25. The Morgan fingerprint density at radius 2 is 1.95 bits per heavy atom. The zero-order valence-electron chi connectivity index (χ0n) is 12.3. The molecule has 1 aromatic carbocycles. The van der Waals surface area contributed by atoms with Gasteiger partial charge in [0.2, 0.25) is 11.0 Å². The Morgan fingerprint density at radius 3 is 2.68 bits per heavy atom. The third kappa shape index (κ3) is 4.92. The van der Waals surface area contributed by atoms with Crippen molar-refractivity contribution in [3.63, 3.8) is 0 Å². The Hall–Kier alpha value is -2.28. The number of aryl methyl sites for hydroxylation is 1. The summed E-state index contributed by atoms with van der Waals surface area (Å²) in [5.41, 5.74) is 0.521. The highest BCUT2D eigenvalue weighted by Gasteiger charge is 2.10. The first kappa shape index (κ1) is 16.1. The van der Waals surface area contributed by atoms with Crippen molar-refractivity contribution in [3.8, 4) is 0 Å². The van der Waals surface area contributed by atoms with Crippen LogP contribution >= 0.6 is 11.3 Å². The predicted molar refractivity (Wildman–Crippen MR) is 85.9 cm³/mol. The van der Waals surface area contributed by atoms with Crippen molar-refractivity contribution >= 4 is 28.3 Å². The number of carbonyl (C=O) groups is 2. The van der Waals surface area contributed by atoms with Crippen molar-refractivity contribution < 1.29 is 9.59 Å². The Balaban J connectivity index is 1.78. The molecule has 0 aliphatic rings. The molecule has 0 bridgehead atoms. The molecule has 1 aromatic heterocycles. The lowest BCUT2D eigenvalue weighted by molar-refractivity contribution is -0.115. The quantitative estimate of drug-likeness (QED) is 0.820. The van der Waals surface area contributed by atoms with Gasteiger partial charge in [-0.05, 0) is 18.6 Å². The van der Waals surface area contributed by atoms with Crippen molar-refractivity contribution in [2.24, 2.45) is 0 Å². The van der Waals surface area contributed by atoms with E-state index < -0.39 is 0 Å². The molecule has 0 spiro atoms. The van der Waals surface area contributed by atoms with E-state index in [0.29, 0.717) is 10.7 Å². The number of rotatable bonds is 7. The summed E-state index contributed by atoms with van der Waals surface area (Å²) >= 11 is 1.36. The van der Waals surface area contributed by atoms with Crippen LogP contribution in [-0.2, 0) is 11.2 Å². The number of hydrogen-bond acceptors (Lipinski definition) is 5. The van der Waals surface area contributed by atoms with E-state index in [-0.39, 0.29) is 18.4 Å². The second-order valence-electron chi connectivity index (χ2n) is 4.70. The van der Waals surface area contributed by atoms with Gasteiger partial charge in [-0.25, -0.2) is 0 Å². The summed E-state index contributed by atoms with van der Waals surface area (Å²) in [7, 11) is 0. The maximum atomic E-state index is 11.8. The first-order chi connectivity index (χ1) is 10.7. The molecule has 0 atom stereocenters. The van der Waals surface area contributed by atoms with E-state index in [2.05, 4.69) is 27.8 Å². The molecule has 2 rings (SSSR count). The molecule has 0 aliphatic carbocycles. The van der Waals surface area contributed by atoms with Gasteiger partial charge in [0.15, 0.2) is 0 Å². The highest BCUT2D eigenvalue weighted by molar-refractivity contribution is 7.15. The number of anilines is 1. The molecule has 0 unspecified atom stereocenters. The van der Waals surface area contributed by atoms with Crippen LogP contribution in [0.15, 0.2) is 30.3 Å². The minimum Gasteiger partial charge on any atom is -0.343 e. The van der Waals surface area contributed by atoms with Gasteiger partial charge < -0.3 is 5.32 Å². The molecule has 2 aromatic rings. The van der Waals surface area contributed by atoms with Crippen LogP contribution in [0.5, 0.6) is 0 Å². The van der Waals surface area contributed by atoms with Crippen LogP contribution in [0.1, 0.15) is 35.1 Å². The van der Waals surface area contributed by atoms with E-state index in [1.807, 2.05) is 6.07 Å². The molecule has 2 N–H and O–H groups in total. The summed E-state index contributed by atoms with van der Waals surface area (Å²) in [6.45, 7) is 2.01. The lowest BCUT2D eigenvalue weighted by Crippen LogP contribution is -2.32. The number of hydrogen-bond donors (Lipinski definition) is 2. The maximum absolute atomic E-state index is 11.8. The van der Waals surface area contributed by atoms with Crippen molar-refractivity contribution in [1.29, 1.82) is 0 Å². The number of unbranched alkanes of at least 4 members (excludes halogenated alkanes) is 1. The molecular weight excluding hydrogens is 300 g/mol. The summed E-state index contributed by atoms with van der Waals surface area (Å²) < 4.78 is 0. The normalized spacial score (nSPS) is 10.2. The van der Waals surface area contributed by atoms with Gasteiger partial charge in [-0.15, -0.1) is 10.2 Å². The molecule has 1 heterocycles. The summed E-state index contributed by atoms with van der Waals surface area (Å²) in [6.07, 6.45) is 3.01. The number of nitrogens with one attached hydrogen (secondary N) is 2. The summed E-state index contributed by atoms with van der Waals surface area (Å²) in [4.78, 5) is 23.6. The fraction of sp³-hybridized carbons (Fsp3) is 0.333. The molecule has 6 nitrogen and oxygen atoms in total. The van der Waals surface area contributed by atoms with E-state index in [1.165, 1.54) is 11.3 Å². The van der Waals surface area contributed by atoms with Crippen molar-refractivity contribution in [2.75, 3.05) is 11.9 Å². The molecular formula is C15H18N4O2S. The highest BCUT2D eigenvalue weighted by Crippen LogP contribution is 2.16. The van der Waals surface area contributed by atoms with E-state index in [0.717, 1.165) is 24.3 Å². The van der Waals surface area contributed by atoms with E-state index in [9.17, 15) is 9.59 Å². The third-order valence-electron chi connectivity index (χ3n) is 2.90. The first-order valence-corrected chi connectivity index (χ1v) is 7.96. The van der Waals surface area contributed by atoms with Gasteiger partial charge in [0.1, 0.15) is 5.01 Å². The highest BCUT2D eigenvalue weighted by atomic mass is 32.1. The SMILES string of the molecule is CCCCc1nnc(NC(=O)CNC(=O)c2ccccc2)s1. The number of benzene rings is 1. The van der Waals surface area contributed by atoms with Gasteiger partial charge >= 0.3 is 0 Å². The molecule has 7 heteroatoms. The van der Waals surface area contributed by atoms with Crippen LogP contribution in [0.25, 0.3) is 0 Å². The Bertz CT molecular complexity index is 627. The van der Waals surface area contributed by atoms with Gasteiger partial charge in [0.25, 0.3) is 5.91 Å². The molecule has 2 amide bonds. The molecule has 0 fully saturated rings. The van der Waals surface area contributed by atoms with E-state index >= 15 is 0 Å². The number of nitrogens with zero attached hydrogens (tertiary/aromatic N) is 2. The lowest BCUT2D eigenvalue weighted by Gasteiger charge is -2.04. The fourth-order valence-corrected chi connectivity index (χ4v) is 2.55. The standard InChI is InChI=1S/C15H18N4O2S/c1-2-3-9-13-18-19-15(22-13)17-12(20)10-16-14(21)11-7-5-4-6-8-11/h4-8H,2-3,9-10H2,1H3,(H,16,21)(H,17,19,20). The Labute approximate surface area is 133 Å². The zero-order valence-corrected chi connectivity index (χ0v) is 13.2.